The summed E-state index contributed by atoms with van der Waals surface area (Å²) in [4.78, 5) is 38.0. The number of benzene rings is 1. The van der Waals surface area contributed by atoms with Crippen molar-refractivity contribution in [1.29, 1.82) is 0 Å². The molecule has 2 amide bonds. The van der Waals surface area contributed by atoms with Crippen LogP contribution in [0.1, 0.15) is 19.4 Å². The van der Waals surface area contributed by atoms with Crippen molar-refractivity contribution >= 4 is 35.3 Å². The van der Waals surface area contributed by atoms with Gasteiger partial charge in [0.25, 0.3) is 5.91 Å². The van der Waals surface area contributed by atoms with Gasteiger partial charge in [-0.1, -0.05) is 30.3 Å². The summed E-state index contributed by atoms with van der Waals surface area (Å²) in [5.41, 5.74) is 3.38. The molecule has 3 atom stereocenters. The number of carboxylic acid groups (broad SMARTS) is 1. The number of rotatable bonds is 5. The van der Waals surface area contributed by atoms with Gasteiger partial charge in [-0.05, 0) is 13.8 Å². The molecule has 0 bridgehead atoms. The standard InChI is InChI=1S/C17H20N4O4S/c1-17(2)12(16(24)25)21-14(23)11(15(21)26-17)19-13(22)10(20-18-3)9-7-5-4-6-8-9/h4-8,11-12,15,18H,1-3H3,(H,19,22)(H,24,25)/t11-,12+,15-/m1/s1. The van der Waals surface area contributed by atoms with Gasteiger partial charge in [0, 0.05) is 17.4 Å². The minimum atomic E-state index is -1.04. The molecule has 0 unspecified atom stereocenters. The number of nitrogens with zero attached hydrogens (tertiary/aromatic N) is 2. The number of nitrogens with one attached hydrogen (secondary N) is 2. The molecule has 1 aromatic rings. The van der Waals surface area contributed by atoms with Crippen molar-refractivity contribution in [3.63, 3.8) is 0 Å². The van der Waals surface area contributed by atoms with E-state index in [1.165, 1.54) is 16.7 Å². The maximum atomic E-state index is 12.7. The van der Waals surface area contributed by atoms with E-state index in [0.717, 1.165) is 0 Å². The zero-order valence-corrected chi connectivity index (χ0v) is 15.4. The number of β-lactam (4-membered cyclic amide) rings is 1. The summed E-state index contributed by atoms with van der Waals surface area (Å²) in [6.07, 6.45) is 0. The summed E-state index contributed by atoms with van der Waals surface area (Å²) >= 11 is 1.38. The summed E-state index contributed by atoms with van der Waals surface area (Å²) in [5.74, 6) is -1.91. The van der Waals surface area contributed by atoms with Crippen LogP contribution in [0.5, 0.6) is 0 Å². The molecule has 2 saturated heterocycles. The van der Waals surface area contributed by atoms with Crippen LogP contribution in [0.25, 0.3) is 0 Å². The lowest BCUT2D eigenvalue weighted by molar-refractivity contribution is -0.160. The van der Waals surface area contributed by atoms with Crippen molar-refractivity contribution in [2.24, 2.45) is 5.10 Å². The van der Waals surface area contributed by atoms with Gasteiger partial charge in [0.2, 0.25) is 5.91 Å². The third kappa shape index (κ3) is 2.92. The van der Waals surface area contributed by atoms with E-state index in [1.54, 1.807) is 45.2 Å². The van der Waals surface area contributed by atoms with Crippen LogP contribution in [0.2, 0.25) is 0 Å². The second-order valence-corrected chi connectivity index (χ2v) is 8.37. The van der Waals surface area contributed by atoms with Crippen molar-refractivity contribution in [3.05, 3.63) is 35.9 Å². The van der Waals surface area contributed by atoms with Crippen LogP contribution in [0, 0.1) is 0 Å². The molecule has 0 aromatic heterocycles. The quantitative estimate of drug-likeness (QED) is 0.386. The van der Waals surface area contributed by atoms with Gasteiger partial charge < -0.3 is 20.7 Å². The van der Waals surface area contributed by atoms with Crippen LogP contribution in [-0.2, 0) is 14.4 Å². The minimum Gasteiger partial charge on any atom is -0.480 e. The Labute approximate surface area is 155 Å². The first-order valence-corrected chi connectivity index (χ1v) is 8.99. The summed E-state index contributed by atoms with van der Waals surface area (Å²) in [6, 6.07) is 7.24. The Morgan fingerprint density at radius 3 is 2.50 bits per heavy atom. The highest BCUT2D eigenvalue weighted by atomic mass is 32.2. The average Bonchev–Trinajstić information content (AvgIpc) is 2.86. The third-order valence-corrected chi connectivity index (χ3v) is 6.02. The fourth-order valence-electron chi connectivity index (χ4n) is 3.31. The van der Waals surface area contributed by atoms with Crippen LogP contribution in [0.3, 0.4) is 0 Å². The number of hydrazone groups is 1. The number of fused-ring (bicyclic) bond motifs is 1. The number of aliphatic carboxylic acids is 1. The first kappa shape index (κ1) is 18.2. The molecule has 8 nitrogen and oxygen atoms in total. The molecule has 138 valence electrons. The molecule has 2 aliphatic rings. The topological polar surface area (TPSA) is 111 Å². The van der Waals surface area contributed by atoms with Gasteiger partial charge in [0.15, 0.2) is 5.71 Å². The van der Waals surface area contributed by atoms with Gasteiger partial charge in [-0.3, -0.25) is 9.59 Å². The van der Waals surface area contributed by atoms with Crippen LogP contribution in [-0.4, -0.2) is 62.8 Å². The van der Waals surface area contributed by atoms with E-state index in [2.05, 4.69) is 15.8 Å². The van der Waals surface area contributed by atoms with E-state index < -0.39 is 34.1 Å². The molecule has 0 aliphatic carbocycles. The molecule has 0 saturated carbocycles. The van der Waals surface area contributed by atoms with E-state index in [9.17, 15) is 19.5 Å². The maximum absolute atomic E-state index is 12.7. The van der Waals surface area contributed by atoms with Crippen LogP contribution in [0.4, 0.5) is 0 Å². The van der Waals surface area contributed by atoms with Gasteiger partial charge >= 0.3 is 5.97 Å². The summed E-state index contributed by atoms with van der Waals surface area (Å²) in [6.45, 7) is 3.58. The van der Waals surface area contributed by atoms with Crippen LogP contribution >= 0.6 is 11.8 Å². The fraction of sp³-hybridized carbons (Fsp3) is 0.412. The lowest BCUT2D eigenvalue weighted by Gasteiger charge is -2.43. The Hall–Kier alpha value is -2.55. The van der Waals surface area contributed by atoms with Crippen molar-refractivity contribution in [2.45, 2.75) is 36.1 Å². The predicted molar refractivity (Wildman–Crippen MR) is 97.7 cm³/mol. The number of hydrogen-bond acceptors (Lipinski definition) is 6. The monoisotopic (exact) mass is 376 g/mol. The molecular weight excluding hydrogens is 356 g/mol. The average molecular weight is 376 g/mol. The lowest BCUT2D eigenvalue weighted by atomic mass is 9.96. The third-order valence-electron chi connectivity index (χ3n) is 4.45. The van der Waals surface area contributed by atoms with Crippen LogP contribution in [0.15, 0.2) is 35.4 Å². The molecule has 26 heavy (non-hydrogen) atoms. The SMILES string of the molecule is CNN=C(C(=O)N[C@@H]1C(=O)N2[C@@H]1SC(C)(C)[C@@H]2C(=O)O)c1ccccc1. The lowest BCUT2D eigenvalue weighted by Crippen LogP contribution is -2.71. The molecule has 3 N–H and O–H groups in total. The zero-order valence-electron chi connectivity index (χ0n) is 14.6. The number of amides is 2. The molecule has 2 aliphatic heterocycles. The van der Waals surface area contributed by atoms with Crippen LogP contribution < -0.4 is 10.7 Å². The Balaban J connectivity index is 1.78. The molecular formula is C17H20N4O4S. The molecule has 0 spiro atoms. The molecule has 2 heterocycles. The minimum absolute atomic E-state index is 0.163. The summed E-state index contributed by atoms with van der Waals surface area (Å²) in [5, 5.41) is 15.8. The maximum Gasteiger partial charge on any atom is 0.327 e. The Morgan fingerprint density at radius 2 is 1.92 bits per heavy atom. The molecule has 9 heteroatoms. The summed E-state index contributed by atoms with van der Waals surface area (Å²) < 4.78 is -0.632. The smallest absolute Gasteiger partial charge is 0.327 e. The molecule has 1 aromatic carbocycles. The highest BCUT2D eigenvalue weighted by molar-refractivity contribution is 8.01. The van der Waals surface area contributed by atoms with E-state index in [0.29, 0.717) is 5.56 Å². The van der Waals surface area contributed by atoms with Gasteiger partial charge in [0.1, 0.15) is 17.5 Å². The highest BCUT2D eigenvalue weighted by Crippen LogP contribution is 2.50. The highest BCUT2D eigenvalue weighted by Gasteiger charge is 2.64. The van der Waals surface area contributed by atoms with E-state index in [-0.39, 0.29) is 11.6 Å². The molecule has 3 rings (SSSR count). The number of carbonyl (C=O) groups is 3. The van der Waals surface area contributed by atoms with E-state index in [4.69, 9.17) is 0 Å². The Bertz CT molecular complexity index is 780. The predicted octanol–water partition coefficient (Wildman–Crippen LogP) is 0.242. The normalized spacial score (nSPS) is 26.7. The number of carboxylic acids is 1. The Kier molecular flexibility index (Phi) is 4.66. The van der Waals surface area contributed by atoms with Gasteiger partial charge in [-0.15, -0.1) is 11.8 Å². The second kappa shape index (κ2) is 6.64. The first-order chi connectivity index (χ1) is 12.3. The molecule has 2 fully saturated rings. The Morgan fingerprint density at radius 1 is 1.27 bits per heavy atom. The van der Waals surface area contributed by atoms with E-state index in [1.807, 2.05) is 6.07 Å². The van der Waals surface area contributed by atoms with Crippen molar-refractivity contribution in [3.8, 4) is 0 Å². The number of carbonyl (C=O) groups excluding carboxylic acids is 2. The van der Waals surface area contributed by atoms with E-state index >= 15 is 0 Å². The second-order valence-electron chi connectivity index (χ2n) is 6.60. The number of thioether (sulfide) groups is 1. The fourth-order valence-corrected chi connectivity index (χ4v) is 4.93. The van der Waals surface area contributed by atoms with Gasteiger partial charge in [-0.2, -0.15) is 5.10 Å². The number of hydrogen-bond donors (Lipinski definition) is 3. The summed E-state index contributed by atoms with van der Waals surface area (Å²) in [7, 11) is 1.58. The van der Waals surface area contributed by atoms with Crippen molar-refractivity contribution in [2.75, 3.05) is 7.05 Å². The van der Waals surface area contributed by atoms with Crippen molar-refractivity contribution in [1.82, 2.24) is 15.6 Å². The van der Waals surface area contributed by atoms with Gasteiger partial charge in [0.05, 0.1) is 0 Å². The van der Waals surface area contributed by atoms with Crippen molar-refractivity contribution < 1.29 is 19.5 Å². The van der Waals surface area contributed by atoms with Gasteiger partial charge in [-0.25, -0.2) is 4.79 Å². The first-order valence-electron chi connectivity index (χ1n) is 8.11. The molecule has 0 radical (unpaired) electrons. The zero-order chi connectivity index (χ0) is 19.1. The largest absolute Gasteiger partial charge is 0.480 e.